The van der Waals surface area contributed by atoms with Gasteiger partial charge in [-0.2, -0.15) is 0 Å². The number of phenolic OH excluding ortho intramolecular Hbond substituents is 1. The van der Waals surface area contributed by atoms with Crippen LogP contribution in [0.2, 0.25) is 0 Å². The van der Waals surface area contributed by atoms with Gasteiger partial charge in [-0.05, 0) is 50.5 Å². The molecule has 46 heavy (non-hydrogen) atoms. The van der Waals surface area contributed by atoms with Gasteiger partial charge in [0.2, 0.25) is 17.7 Å². The Morgan fingerprint density at radius 2 is 1.61 bits per heavy atom. The summed E-state index contributed by atoms with van der Waals surface area (Å²) in [5.74, 6) is -2.37. The minimum Gasteiger partial charge on any atom is -0.508 e. The van der Waals surface area contributed by atoms with Crippen LogP contribution in [0.25, 0.3) is 0 Å². The smallest absolute Gasteiger partial charge is 0.308 e. The molecule has 248 valence electrons. The lowest BCUT2D eigenvalue weighted by Crippen LogP contribution is -2.54. The van der Waals surface area contributed by atoms with Crippen LogP contribution in [0.4, 0.5) is 0 Å². The summed E-state index contributed by atoms with van der Waals surface area (Å²) in [6, 6.07) is 3.38. The average molecular weight is 653 g/mol. The quantitative estimate of drug-likeness (QED) is 0.216. The van der Waals surface area contributed by atoms with Gasteiger partial charge in [0.1, 0.15) is 29.1 Å². The van der Waals surface area contributed by atoms with E-state index >= 15 is 0 Å². The van der Waals surface area contributed by atoms with Crippen molar-refractivity contribution >= 4 is 35.3 Å². The zero-order valence-electron chi connectivity index (χ0n) is 27.2. The number of cyclic esters (lactones) is 1. The van der Waals surface area contributed by atoms with E-state index in [-0.39, 0.29) is 42.4 Å². The number of ether oxygens (including phenoxy) is 1. The largest absolute Gasteiger partial charge is 0.508 e. The molecule has 2 heterocycles. The highest BCUT2D eigenvalue weighted by molar-refractivity contribution is 6.30. The number of hydrogen-bond donors (Lipinski definition) is 4. The maximum Gasteiger partial charge on any atom is 0.308 e. The van der Waals surface area contributed by atoms with Crippen molar-refractivity contribution < 1.29 is 29.0 Å². The molecular weight excluding hydrogens is 608 g/mol. The Morgan fingerprint density at radius 1 is 0.935 bits per heavy atom. The molecule has 4 rings (SSSR count). The molecule has 1 aromatic rings. The molecule has 0 saturated heterocycles. The lowest BCUT2D eigenvalue weighted by atomic mass is 9.87. The van der Waals surface area contributed by atoms with E-state index in [4.69, 9.17) is 16.3 Å². The Bertz CT molecular complexity index is 1450. The van der Waals surface area contributed by atoms with Crippen LogP contribution < -0.4 is 16.0 Å². The Hall–Kier alpha value is -4.05. The fourth-order valence-electron chi connectivity index (χ4n) is 6.16. The highest BCUT2D eigenvalue weighted by Crippen LogP contribution is 2.36. The molecule has 8 atom stereocenters. The lowest BCUT2D eigenvalue weighted by Gasteiger charge is -2.33. The van der Waals surface area contributed by atoms with Crippen molar-refractivity contribution in [1.29, 1.82) is 0 Å². The Kier molecular flexibility index (Phi) is 11.4. The summed E-state index contributed by atoms with van der Waals surface area (Å²) < 4.78 is 5.80. The van der Waals surface area contributed by atoms with E-state index in [0.717, 1.165) is 11.1 Å². The number of carbonyl (C=O) groups excluding carboxylic acids is 4. The third-order valence-electron chi connectivity index (χ3n) is 9.04. The summed E-state index contributed by atoms with van der Waals surface area (Å²) in [7, 11) is 1.53. The number of amides is 3. The van der Waals surface area contributed by atoms with Crippen molar-refractivity contribution in [3.05, 3.63) is 76.5 Å². The second kappa shape index (κ2) is 15.0. The van der Waals surface area contributed by atoms with Gasteiger partial charge in [0.15, 0.2) is 0 Å². The number of hydrogen-bond acceptors (Lipinski definition) is 7. The Morgan fingerprint density at radius 3 is 2.30 bits per heavy atom. The summed E-state index contributed by atoms with van der Waals surface area (Å²) in [5, 5.41) is 19.4. The molecule has 0 fully saturated rings. The number of esters is 1. The first-order valence-corrected chi connectivity index (χ1v) is 16.2. The van der Waals surface area contributed by atoms with Crippen molar-refractivity contribution in [2.45, 2.75) is 84.2 Å². The molecule has 3 aliphatic rings. The average Bonchev–Trinajstić information content (AvgIpc) is 3.32. The van der Waals surface area contributed by atoms with Crippen molar-refractivity contribution in [3.63, 3.8) is 0 Å². The SMILES string of the molecule is C/C1=C\[C@@H](C)[C@@H](C)OC(=O)C[C@H](c2ccc(O)cc2)NC(=O)[C@@H](CC2=C(Cl)NC3C=CC=CC23)N(C)C(=O)[C@H](C)NC(=O)[C@@H](C)C1. The van der Waals surface area contributed by atoms with Gasteiger partial charge in [-0.15, -0.1) is 0 Å². The fraction of sp³-hybridized carbons (Fsp3) is 0.486. The third kappa shape index (κ3) is 8.40. The third-order valence-corrected chi connectivity index (χ3v) is 9.39. The minimum absolute atomic E-state index is 0.0375. The first-order chi connectivity index (χ1) is 21.7. The molecule has 10 nitrogen and oxygen atoms in total. The second-order valence-electron chi connectivity index (χ2n) is 12.7. The molecule has 2 unspecified atom stereocenters. The van der Waals surface area contributed by atoms with E-state index in [1.54, 1.807) is 26.0 Å². The first-order valence-electron chi connectivity index (χ1n) is 15.8. The van der Waals surface area contributed by atoms with E-state index in [0.29, 0.717) is 17.1 Å². The highest BCUT2D eigenvalue weighted by atomic mass is 35.5. The number of fused-ring (bicyclic) bond motifs is 1. The number of carbonyl (C=O) groups is 4. The lowest BCUT2D eigenvalue weighted by molar-refractivity contribution is -0.150. The fourth-order valence-corrected chi connectivity index (χ4v) is 6.49. The standard InChI is InChI=1S/C35H45ClN4O6/c1-19-15-20(2)23(5)46-31(42)18-29(24-11-13-25(41)14-12-24)39-34(44)30(17-27-26-9-7-8-10-28(26)38-32(27)36)40(6)35(45)22(4)37-33(43)21(3)16-19/h7-15,20-23,26,28-30,38,41H,16-18H2,1-6H3,(H,37,43)(H,39,44)/b19-15+/t20-,21+,22+,23-,26?,28?,29-,30-/m1/s1. The number of allylic oxidation sites excluding steroid dienone is 3. The molecule has 2 aliphatic heterocycles. The molecule has 1 aromatic carbocycles. The van der Waals surface area contributed by atoms with Crippen LogP contribution in [0.5, 0.6) is 5.75 Å². The number of likely N-dealkylation sites (N-methyl/N-ethyl adjacent to an activating group) is 1. The predicted octanol–water partition coefficient (Wildman–Crippen LogP) is 4.38. The van der Waals surface area contributed by atoms with Crippen LogP contribution in [-0.2, 0) is 23.9 Å². The summed E-state index contributed by atoms with van der Waals surface area (Å²) in [6.45, 7) is 9.07. The monoisotopic (exact) mass is 652 g/mol. The molecular formula is C35H45ClN4O6. The number of halogens is 1. The van der Waals surface area contributed by atoms with E-state index in [2.05, 4.69) is 16.0 Å². The van der Waals surface area contributed by atoms with Crippen molar-refractivity contribution in [2.75, 3.05) is 7.05 Å². The summed E-state index contributed by atoms with van der Waals surface area (Å²) >= 11 is 6.66. The van der Waals surface area contributed by atoms with Gasteiger partial charge >= 0.3 is 5.97 Å². The van der Waals surface area contributed by atoms with Crippen LogP contribution in [0.15, 0.2) is 70.9 Å². The molecule has 1 aliphatic carbocycles. The Labute approximate surface area is 276 Å². The van der Waals surface area contributed by atoms with Crippen molar-refractivity contribution in [3.8, 4) is 5.75 Å². The van der Waals surface area contributed by atoms with Crippen LogP contribution in [0.1, 0.15) is 65.5 Å². The number of aromatic hydroxyl groups is 1. The van der Waals surface area contributed by atoms with Gasteiger partial charge in [-0.1, -0.05) is 73.5 Å². The number of nitrogens with one attached hydrogen (secondary N) is 3. The second-order valence-corrected chi connectivity index (χ2v) is 13.1. The van der Waals surface area contributed by atoms with Crippen LogP contribution in [-0.4, -0.2) is 65.0 Å². The number of benzene rings is 1. The van der Waals surface area contributed by atoms with Gasteiger partial charge in [0.05, 0.1) is 18.5 Å². The van der Waals surface area contributed by atoms with Crippen molar-refractivity contribution in [1.82, 2.24) is 20.9 Å². The van der Waals surface area contributed by atoms with Crippen LogP contribution in [0.3, 0.4) is 0 Å². The Balaban J connectivity index is 1.72. The molecule has 3 amide bonds. The maximum atomic E-state index is 14.2. The van der Waals surface area contributed by atoms with Gasteiger partial charge in [-0.25, -0.2) is 0 Å². The molecule has 0 saturated carbocycles. The van der Waals surface area contributed by atoms with Crippen LogP contribution >= 0.6 is 11.6 Å². The molecule has 0 aromatic heterocycles. The zero-order chi connectivity index (χ0) is 33.7. The number of rotatable bonds is 3. The zero-order valence-corrected chi connectivity index (χ0v) is 28.0. The molecule has 0 bridgehead atoms. The highest BCUT2D eigenvalue weighted by Gasteiger charge is 2.38. The van der Waals surface area contributed by atoms with E-state index < -0.39 is 47.9 Å². The molecule has 0 spiro atoms. The van der Waals surface area contributed by atoms with Crippen LogP contribution in [0, 0.1) is 17.8 Å². The van der Waals surface area contributed by atoms with Crippen molar-refractivity contribution in [2.24, 2.45) is 17.8 Å². The molecule has 4 N–H and O–H groups in total. The molecule has 0 radical (unpaired) electrons. The van der Waals surface area contributed by atoms with E-state index in [9.17, 15) is 24.3 Å². The van der Waals surface area contributed by atoms with E-state index in [1.165, 1.54) is 24.1 Å². The first kappa shape index (κ1) is 34.8. The van der Waals surface area contributed by atoms with Gasteiger partial charge in [0, 0.05) is 31.2 Å². The maximum absolute atomic E-state index is 14.2. The van der Waals surface area contributed by atoms with Gasteiger partial charge < -0.3 is 30.7 Å². The predicted molar refractivity (Wildman–Crippen MR) is 176 cm³/mol. The summed E-state index contributed by atoms with van der Waals surface area (Å²) in [4.78, 5) is 55.8. The summed E-state index contributed by atoms with van der Waals surface area (Å²) in [5.41, 5.74) is 2.31. The number of nitrogens with zero attached hydrogens (tertiary/aromatic N) is 1. The normalized spacial score (nSPS) is 32.8. The topological polar surface area (TPSA) is 137 Å². The van der Waals surface area contributed by atoms with Gasteiger partial charge in [-0.3, -0.25) is 19.2 Å². The number of phenols is 1. The minimum atomic E-state index is -1.04. The van der Waals surface area contributed by atoms with Gasteiger partial charge in [0.25, 0.3) is 0 Å². The van der Waals surface area contributed by atoms with E-state index in [1.807, 2.05) is 51.2 Å². The summed E-state index contributed by atoms with van der Waals surface area (Å²) in [6.07, 6.45) is 9.75. The molecule has 11 heteroatoms.